The number of carbonyl (C=O) groups excluding carboxylic acids is 1. The van der Waals surface area contributed by atoms with Gasteiger partial charge in [0.05, 0.1) is 12.1 Å². The number of aromatic nitrogens is 1. The molecule has 0 fully saturated rings. The molecule has 26 heavy (non-hydrogen) atoms. The first-order valence-electron chi connectivity index (χ1n) is 8.41. The van der Waals surface area contributed by atoms with E-state index in [1.807, 2.05) is 55.6 Å². The Morgan fingerprint density at radius 2 is 1.65 bits per heavy atom. The molecule has 0 saturated heterocycles. The molecule has 0 saturated carbocycles. The fraction of sp³-hybridized carbons (Fsp3) is 0.182. The van der Waals surface area contributed by atoms with Crippen LogP contribution in [0.5, 0.6) is 5.75 Å². The van der Waals surface area contributed by atoms with Gasteiger partial charge in [0.25, 0.3) is 0 Å². The second-order valence-electron chi connectivity index (χ2n) is 6.24. The zero-order valence-electron chi connectivity index (χ0n) is 14.8. The minimum Gasteiger partial charge on any atom is -0.495 e. The maximum absolute atomic E-state index is 12.4. The third-order valence-corrected chi connectivity index (χ3v) is 4.50. The topological polar surface area (TPSA) is 39.2 Å². The van der Waals surface area contributed by atoms with Gasteiger partial charge < -0.3 is 4.74 Å². The number of nitrogens with zero attached hydrogens (tertiary/aromatic N) is 1. The summed E-state index contributed by atoms with van der Waals surface area (Å²) in [6, 6.07) is 17.6. The zero-order valence-corrected chi connectivity index (χ0v) is 15.6. The molecule has 2 aromatic carbocycles. The highest BCUT2D eigenvalue weighted by Gasteiger charge is 2.08. The van der Waals surface area contributed by atoms with Crippen LogP contribution in [0, 0.1) is 6.92 Å². The number of ketones is 1. The summed E-state index contributed by atoms with van der Waals surface area (Å²) in [6.45, 7) is 1.97. The fourth-order valence-corrected chi connectivity index (χ4v) is 3.16. The average Bonchev–Trinajstić information content (AvgIpc) is 2.62. The first kappa shape index (κ1) is 18.2. The molecule has 0 radical (unpaired) electrons. The van der Waals surface area contributed by atoms with Crippen molar-refractivity contribution in [2.75, 3.05) is 7.11 Å². The molecule has 0 N–H and O–H groups in total. The van der Waals surface area contributed by atoms with E-state index in [1.54, 1.807) is 19.2 Å². The number of carbonyl (C=O) groups is 1. The van der Waals surface area contributed by atoms with E-state index in [1.165, 1.54) is 0 Å². The summed E-state index contributed by atoms with van der Waals surface area (Å²) < 4.78 is 5.13. The monoisotopic (exact) mass is 365 g/mol. The average molecular weight is 366 g/mol. The first-order valence-corrected chi connectivity index (χ1v) is 8.79. The molecule has 3 nitrogen and oxygen atoms in total. The minimum atomic E-state index is 0.152. The molecule has 0 atom stereocenters. The van der Waals surface area contributed by atoms with Gasteiger partial charge in [-0.1, -0.05) is 41.9 Å². The van der Waals surface area contributed by atoms with Crippen LogP contribution in [0.1, 0.15) is 16.8 Å². The smallest absolute Gasteiger partial charge is 0.141 e. The van der Waals surface area contributed by atoms with Gasteiger partial charge in [-0.2, -0.15) is 0 Å². The van der Waals surface area contributed by atoms with Gasteiger partial charge in [-0.05, 0) is 53.4 Å². The molecule has 0 amide bonds. The van der Waals surface area contributed by atoms with Crippen LogP contribution in [0.4, 0.5) is 0 Å². The van der Waals surface area contributed by atoms with E-state index in [4.69, 9.17) is 16.3 Å². The number of rotatable bonds is 6. The quantitative estimate of drug-likeness (QED) is 0.612. The van der Waals surface area contributed by atoms with E-state index in [0.29, 0.717) is 23.6 Å². The van der Waals surface area contributed by atoms with Crippen molar-refractivity contribution < 1.29 is 9.53 Å². The zero-order chi connectivity index (χ0) is 18.5. The second-order valence-corrected chi connectivity index (χ2v) is 6.65. The Hall–Kier alpha value is -2.65. The summed E-state index contributed by atoms with van der Waals surface area (Å²) in [5, 5.41) is 0.523. The van der Waals surface area contributed by atoms with Crippen molar-refractivity contribution in [2.24, 2.45) is 0 Å². The fourth-order valence-electron chi connectivity index (χ4n) is 2.88. The molecule has 0 aliphatic rings. The maximum Gasteiger partial charge on any atom is 0.141 e. The number of halogens is 1. The molecule has 0 spiro atoms. The molecule has 1 heterocycles. The highest BCUT2D eigenvalue weighted by atomic mass is 35.5. The lowest BCUT2D eigenvalue weighted by atomic mass is 9.99. The molecule has 0 aliphatic carbocycles. The molecular formula is C22H20ClNO2. The number of methoxy groups -OCH3 is 1. The molecule has 0 bridgehead atoms. The van der Waals surface area contributed by atoms with Gasteiger partial charge in [0.1, 0.15) is 11.5 Å². The molecule has 3 rings (SSSR count). The van der Waals surface area contributed by atoms with Crippen LogP contribution in [0.15, 0.2) is 60.8 Å². The minimum absolute atomic E-state index is 0.152. The summed E-state index contributed by atoms with van der Waals surface area (Å²) in [5.74, 6) is 0.767. The lowest BCUT2D eigenvalue weighted by molar-refractivity contribution is -0.117. The number of Topliss-reactive ketones (excluding diaryl/α,β-unsaturated/α-hetero) is 1. The largest absolute Gasteiger partial charge is 0.495 e. The Balaban J connectivity index is 1.65. The number of hydrogen-bond acceptors (Lipinski definition) is 3. The Morgan fingerprint density at radius 3 is 2.31 bits per heavy atom. The van der Waals surface area contributed by atoms with Crippen molar-refractivity contribution >= 4 is 17.4 Å². The van der Waals surface area contributed by atoms with Crippen LogP contribution in [0.3, 0.4) is 0 Å². The van der Waals surface area contributed by atoms with Crippen molar-refractivity contribution in [2.45, 2.75) is 19.8 Å². The van der Waals surface area contributed by atoms with Crippen molar-refractivity contribution in [3.05, 3.63) is 82.6 Å². The molecule has 1 aromatic heterocycles. The third-order valence-electron chi connectivity index (χ3n) is 4.20. The van der Waals surface area contributed by atoms with Crippen LogP contribution >= 0.6 is 11.6 Å². The summed E-state index contributed by atoms with van der Waals surface area (Å²) in [4.78, 5) is 16.6. The number of benzene rings is 2. The Labute approximate surface area is 158 Å². The Bertz CT molecular complexity index is 920. The highest BCUT2D eigenvalue weighted by molar-refractivity contribution is 6.32. The number of pyridine rings is 1. The van der Waals surface area contributed by atoms with Crippen molar-refractivity contribution in [3.63, 3.8) is 0 Å². The standard InChI is InChI=1S/C22H20ClNO2/c1-15-11-19(9-10-24-15)18-6-3-16(4-7-18)12-20(25)13-17-5-8-22(26-2)21(23)14-17/h3-11,14H,12-13H2,1-2H3. The molecule has 4 heteroatoms. The van der Waals surface area contributed by atoms with Gasteiger partial charge in [0.2, 0.25) is 0 Å². The second kappa shape index (κ2) is 8.15. The third kappa shape index (κ3) is 4.50. The lowest BCUT2D eigenvalue weighted by Crippen LogP contribution is -2.06. The van der Waals surface area contributed by atoms with E-state index >= 15 is 0 Å². The van der Waals surface area contributed by atoms with Crippen LogP contribution in [0.25, 0.3) is 11.1 Å². The van der Waals surface area contributed by atoms with E-state index in [0.717, 1.165) is 27.9 Å². The van der Waals surface area contributed by atoms with Crippen LogP contribution in [-0.4, -0.2) is 17.9 Å². The SMILES string of the molecule is COc1ccc(CC(=O)Cc2ccc(-c3ccnc(C)c3)cc2)cc1Cl. The summed E-state index contributed by atoms with van der Waals surface area (Å²) in [7, 11) is 1.57. The summed E-state index contributed by atoms with van der Waals surface area (Å²) in [5.41, 5.74) is 5.13. The van der Waals surface area contributed by atoms with Gasteiger partial charge in [-0.25, -0.2) is 0 Å². The van der Waals surface area contributed by atoms with E-state index < -0.39 is 0 Å². The predicted octanol–water partition coefficient (Wildman–Crippen LogP) is 5.07. The number of hydrogen-bond donors (Lipinski definition) is 0. The van der Waals surface area contributed by atoms with Gasteiger partial charge in [-0.15, -0.1) is 0 Å². The van der Waals surface area contributed by atoms with Crippen molar-refractivity contribution in [1.82, 2.24) is 4.98 Å². The number of aryl methyl sites for hydroxylation is 1. The Morgan fingerprint density at radius 1 is 0.962 bits per heavy atom. The normalized spacial score (nSPS) is 10.6. The highest BCUT2D eigenvalue weighted by Crippen LogP contribution is 2.25. The summed E-state index contributed by atoms with van der Waals surface area (Å²) >= 11 is 6.12. The van der Waals surface area contributed by atoms with Crippen molar-refractivity contribution in [1.29, 1.82) is 0 Å². The molecule has 0 aliphatic heterocycles. The van der Waals surface area contributed by atoms with E-state index in [2.05, 4.69) is 4.98 Å². The first-order chi connectivity index (χ1) is 12.5. The van der Waals surface area contributed by atoms with Crippen LogP contribution in [0.2, 0.25) is 5.02 Å². The van der Waals surface area contributed by atoms with Gasteiger partial charge in [-0.3, -0.25) is 9.78 Å². The molecule has 0 unspecified atom stereocenters. The number of ether oxygens (including phenoxy) is 1. The van der Waals surface area contributed by atoms with Crippen LogP contribution in [-0.2, 0) is 17.6 Å². The summed E-state index contributed by atoms with van der Waals surface area (Å²) in [6.07, 6.45) is 2.57. The molecular weight excluding hydrogens is 346 g/mol. The van der Waals surface area contributed by atoms with Crippen LogP contribution < -0.4 is 4.74 Å². The van der Waals surface area contributed by atoms with Gasteiger partial charge in [0.15, 0.2) is 0 Å². The van der Waals surface area contributed by atoms with Gasteiger partial charge >= 0.3 is 0 Å². The predicted molar refractivity (Wildman–Crippen MR) is 105 cm³/mol. The molecule has 132 valence electrons. The van der Waals surface area contributed by atoms with E-state index in [-0.39, 0.29) is 5.78 Å². The van der Waals surface area contributed by atoms with Gasteiger partial charge in [0, 0.05) is 24.7 Å². The van der Waals surface area contributed by atoms with E-state index in [9.17, 15) is 4.79 Å². The molecule has 3 aromatic rings. The maximum atomic E-state index is 12.4. The van der Waals surface area contributed by atoms with Crippen molar-refractivity contribution in [3.8, 4) is 16.9 Å². The lowest BCUT2D eigenvalue weighted by Gasteiger charge is -2.07. The Kier molecular flexibility index (Phi) is 5.69.